The van der Waals surface area contributed by atoms with Crippen molar-refractivity contribution in [2.75, 3.05) is 5.73 Å². The van der Waals surface area contributed by atoms with Gasteiger partial charge < -0.3 is 5.73 Å². The summed E-state index contributed by atoms with van der Waals surface area (Å²) >= 11 is 3.53. The number of hydrogen-bond donors (Lipinski definition) is 1. The lowest BCUT2D eigenvalue weighted by Gasteiger charge is -2.07. The first kappa shape index (κ1) is 15.3. The Morgan fingerprint density at radius 1 is 1.40 bits per heavy atom. The Bertz CT molecular complexity index is 667. The van der Waals surface area contributed by atoms with Crippen molar-refractivity contribution in [3.05, 3.63) is 39.6 Å². The molecule has 2 aromatic rings. The van der Waals surface area contributed by atoms with Gasteiger partial charge in [-0.3, -0.25) is 8.89 Å². The van der Waals surface area contributed by atoms with Crippen LogP contribution in [0.5, 0.6) is 0 Å². The van der Waals surface area contributed by atoms with E-state index in [1.807, 2.05) is 37.6 Å². The molecule has 0 saturated heterocycles. The van der Waals surface area contributed by atoms with Crippen molar-refractivity contribution in [3.63, 3.8) is 0 Å². The summed E-state index contributed by atoms with van der Waals surface area (Å²) in [4.78, 5) is 0.796. The standard InChI is InChI=1S/C14H18BrN3OS/c1-4-18-13(14(15)10(3)17-18)8-20(19)11-5-6-12(16)9(2)7-11/h5-7H,4,8,16H2,1-3H3. The van der Waals surface area contributed by atoms with Crippen LogP contribution in [-0.2, 0) is 23.1 Å². The van der Waals surface area contributed by atoms with Crippen LogP contribution in [0.1, 0.15) is 23.9 Å². The highest BCUT2D eigenvalue weighted by atomic mass is 79.9. The molecule has 0 amide bonds. The number of nitrogens with zero attached hydrogens (tertiary/aromatic N) is 2. The normalized spacial score (nSPS) is 12.6. The fourth-order valence-electron chi connectivity index (χ4n) is 2.00. The molecular formula is C14H18BrN3OS. The zero-order valence-corrected chi connectivity index (χ0v) is 14.2. The average Bonchev–Trinajstić information content (AvgIpc) is 2.69. The van der Waals surface area contributed by atoms with E-state index in [0.29, 0.717) is 5.75 Å². The van der Waals surface area contributed by atoms with Crippen LogP contribution in [0.2, 0.25) is 0 Å². The molecule has 4 nitrogen and oxygen atoms in total. The molecule has 0 aliphatic carbocycles. The minimum Gasteiger partial charge on any atom is -0.399 e. The molecular weight excluding hydrogens is 338 g/mol. The average molecular weight is 356 g/mol. The fraction of sp³-hybridized carbons (Fsp3) is 0.357. The van der Waals surface area contributed by atoms with Gasteiger partial charge in [-0.15, -0.1) is 0 Å². The van der Waals surface area contributed by atoms with Crippen molar-refractivity contribution < 1.29 is 4.21 Å². The van der Waals surface area contributed by atoms with Crippen molar-refractivity contribution in [1.29, 1.82) is 0 Å². The Hall–Kier alpha value is -1.14. The monoisotopic (exact) mass is 355 g/mol. The maximum atomic E-state index is 12.5. The van der Waals surface area contributed by atoms with Crippen LogP contribution >= 0.6 is 15.9 Å². The van der Waals surface area contributed by atoms with E-state index < -0.39 is 10.8 Å². The third-order valence-electron chi connectivity index (χ3n) is 3.22. The van der Waals surface area contributed by atoms with Crippen LogP contribution < -0.4 is 5.73 Å². The molecule has 2 N–H and O–H groups in total. The predicted molar refractivity (Wildman–Crippen MR) is 86.0 cm³/mol. The van der Waals surface area contributed by atoms with E-state index in [-0.39, 0.29) is 0 Å². The van der Waals surface area contributed by atoms with Gasteiger partial charge in [0.25, 0.3) is 0 Å². The number of rotatable bonds is 4. The van der Waals surface area contributed by atoms with Gasteiger partial charge in [0.05, 0.1) is 32.4 Å². The Kier molecular flexibility index (Phi) is 4.65. The Balaban J connectivity index is 2.30. The van der Waals surface area contributed by atoms with Gasteiger partial charge in [-0.1, -0.05) is 0 Å². The highest BCUT2D eigenvalue weighted by molar-refractivity contribution is 9.10. The summed E-state index contributed by atoms with van der Waals surface area (Å²) in [5, 5.41) is 4.42. The van der Waals surface area contributed by atoms with Crippen molar-refractivity contribution in [1.82, 2.24) is 9.78 Å². The topological polar surface area (TPSA) is 60.9 Å². The van der Waals surface area contributed by atoms with Crippen LogP contribution in [-0.4, -0.2) is 14.0 Å². The highest BCUT2D eigenvalue weighted by Gasteiger charge is 2.16. The second kappa shape index (κ2) is 6.10. The second-order valence-electron chi connectivity index (χ2n) is 4.67. The van der Waals surface area contributed by atoms with E-state index in [4.69, 9.17) is 5.73 Å². The fourth-order valence-corrected chi connectivity index (χ4v) is 3.85. The van der Waals surface area contributed by atoms with Crippen molar-refractivity contribution in [2.24, 2.45) is 0 Å². The molecule has 1 unspecified atom stereocenters. The van der Waals surface area contributed by atoms with Gasteiger partial charge in [-0.2, -0.15) is 5.10 Å². The van der Waals surface area contributed by atoms with E-state index in [0.717, 1.165) is 38.6 Å². The number of aryl methyl sites for hydroxylation is 3. The third-order valence-corrected chi connectivity index (χ3v) is 5.57. The van der Waals surface area contributed by atoms with E-state index in [2.05, 4.69) is 21.0 Å². The van der Waals surface area contributed by atoms with Crippen molar-refractivity contribution >= 4 is 32.4 Å². The zero-order chi connectivity index (χ0) is 14.9. The van der Waals surface area contributed by atoms with Gasteiger partial charge in [-0.05, 0) is 60.5 Å². The first-order valence-electron chi connectivity index (χ1n) is 6.40. The van der Waals surface area contributed by atoms with Gasteiger partial charge >= 0.3 is 0 Å². The summed E-state index contributed by atoms with van der Waals surface area (Å²) in [6.45, 7) is 6.65. The number of anilines is 1. The van der Waals surface area contributed by atoms with Crippen LogP contribution in [0.15, 0.2) is 27.6 Å². The number of aromatic nitrogens is 2. The minimum atomic E-state index is -1.11. The Labute approximate surface area is 130 Å². The van der Waals surface area contributed by atoms with E-state index in [1.54, 1.807) is 6.07 Å². The molecule has 2 rings (SSSR count). The smallest absolute Gasteiger partial charge is 0.0739 e. The molecule has 0 aliphatic rings. The van der Waals surface area contributed by atoms with Crippen LogP contribution in [0.3, 0.4) is 0 Å². The largest absolute Gasteiger partial charge is 0.399 e. The van der Waals surface area contributed by atoms with Gasteiger partial charge in [0.1, 0.15) is 0 Å². The number of benzene rings is 1. The highest BCUT2D eigenvalue weighted by Crippen LogP contribution is 2.25. The van der Waals surface area contributed by atoms with E-state index in [9.17, 15) is 4.21 Å². The summed E-state index contributed by atoms with van der Waals surface area (Å²) in [5.74, 6) is 0.443. The molecule has 0 bridgehead atoms. The van der Waals surface area contributed by atoms with Gasteiger partial charge in [0.15, 0.2) is 0 Å². The lowest BCUT2D eigenvalue weighted by Crippen LogP contribution is -2.07. The lowest BCUT2D eigenvalue weighted by molar-refractivity contribution is 0.626. The summed E-state index contributed by atoms with van der Waals surface area (Å²) in [5.41, 5.74) is 9.36. The van der Waals surface area contributed by atoms with Gasteiger partial charge in [0, 0.05) is 17.1 Å². The first-order valence-corrected chi connectivity index (χ1v) is 8.51. The van der Waals surface area contributed by atoms with Crippen molar-refractivity contribution in [3.8, 4) is 0 Å². The molecule has 0 spiro atoms. The predicted octanol–water partition coefficient (Wildman–Crippen LogP) is 3.17. The molecule has 0 aliphatic heterocycles. The first-order chi connectivity index (χ1) is 9.43. The third kappa shape index (κ3) is 2.96. The summed E-state index contributed by atoms with van der Waals surface area (Å²) in [6.07, 6.45) is 0. The van der Waals surface area contributed by atoms with Crippen LogP contribution in [0.25, 0.3) is 0 Å². The number of nitrogen functional groups attached to an aromatic ring is 1. The quantitative estimate of drug-likeness (QED) is 0.856. The molecule has 0 fully saturated rings. The molecule has 6 heteroatoms. The van der Waals surface area contributed by atoms with E-state index in [1.165, 1.54) is 0 Å². The molecule has 0 radical (unpaired) electrons. The summed E-state index contributed by atoms with van der Waals surface area (Å²) < 4.78 is 15.4. The molecule has 0 saturated carbocycles. The number of hydrogen-bond acceptors (Lipinski definition) is 3. The maximum Gasteiger partial charge on any atom is 0.0739 e. The second-order valence-corrected chi connectivity index (χ2v) is 6.91. The number of nitrogens with two attached hydrogens (primary N) is 1. The molecule has 20 heavy (non-hydrogen) atoms. The molecule has 1 aromatic carbocycles. The van der Waals surface area contributed by atoms with Crippen LogP contribution in [0.4, 0.5) is 5.69 Å². The van der Waals surface area contributed by atoms with Gasteiger partial charge in [0.2, 0.25) is 0 Å². The van der Waals surface area contributed by atoms with E-state index >= 15 is 0 Å². The maximum absolute atomic E-state index is 12.5. The van der Waals surface area contributed by atoms with Crippen molar-refractivity contribution in [2.45, 2.75) is 38.0 Å². The lowest BCUT2D eigenvalue weighted by atomic mass is 10.2. The summed E-state index contributed by atoms with van der Waals surface area (Å²) in [6, 6.07) is 5.52. The number of halogens is 1. The molecule has 1 heterocycles. The minimum absolute atomic E-state index is 0.443. The Morgan fingerprint density at radius 3 is 2.70 bits per heavy atom. The molecule has 1 atom stereocenters. The molecule has 1 aromatic heterocycles. The summed E-state index contributed by atoms with van der Waals surface area (Å²) in [7, 11) is -1.11. The zero-order valence-electron chi connectivity index (χ0n) is 11.8. The van der Waals surface area contributed by atoms with Crippen LogP contribution in [0, 0.1) is 13.8 Å². The van der Waals surface area contributed by atoms with Gasteiger partial charge in [-0.25, -0.2) is 0 Å². The Morgan fingerprint density at radius 2 is 2.10 bits per heavy atom. The SMILES string of the molecule is CCn1nc(C)c(Br)c1CS(=O)c1ccc(N)c(C)c1. The molecule has 108 valence electrons.